The van der Waals surface area contributed by atoms with E-state index in [9.17, 15) is 14.7 Å². The third-order valence-electron chi connectivity index (χ3n) is 8.60. The molecule has 1 aliphatic heterocycles. The van der Waals surface area contributed by atoms with Crippen LogP contribution in [0.5, 0.6) is 0 Å². The van der Waals surface area contributed by atoms with Crippen LogP contribution in [-0.2, 0) is 9.53 Å². The summed E-state index contributed by atoms with van der Waals surface area (Å²) in [5.74, 6) is 3.25. The minimum atomic E-state index is -0.497. The number of piperidine rings is 1. The maximum Gasteiger partial charge on any atom is 0.305 e. The van der Waals surface area contributed by atoms with E-state index in [0.717, 1.165) is 81.1 Å². The standard InChI is InChI=1S/C27H39N3O4S/c1-3-9-35-26-21(6-7-22(28-26)30-8-4-5-17(16-30)12-23(31)34-2)25(32)29-24-19-10-18-11-20(24)15-27(33,13-18)14-19/h6-7,17-20,24,33H,3-5,8-16H2,1-2H3,(H,29,32)/t17-,18?,19?,20?,24-,27+/m0/s1. The van der Waals surface area contributed by atoms with Crippen LogP contribution < -0.4 is 10.2 Å². The van der Waals surface area contributed by atoms with Gasteiger partial charge in [0.25, 0.3) is 5.91 Å². The lowest BCUT2D eigenvalue weighted by Gasteiger charge is -2.58. The van der Waals surface area contributed by atoms with Gasteiger partial charge in [-0.1, -0.05) is 6.92 Å². The van der Waals surface area contributed by atoms with Crippen molar-refractivity contribution < 1.29 is 19.4 Å². The molecule has 35 heavy (non-hydrogen) atoms. The largest absolute Gasteiger partial charge is 0.469 e. The number of thioether (sulfide) groups is 1. The number of ether oxygens (including phenoxy) is 1. The summed E-state index contributed by atoms with van der Waals surface area (Å²) in [6.07, 6.45) is 8.31. The molecular weight excluding hydrogens is 462 g/mol. The molecule has 2 N–H and O–H groups in total. The number of hydrogen-bond acceptors (Lipinski definition) is 7. The first-order valence-corrected chi connectivity index (χ1v) is 14.3. The quantitative estimate of drug-likeness (QED) is 0.410. The zero-order valence-electron chi connectivity index (χ0n) is 21.0. The topological polar surface area (TPSA) is 91.8 Å². The number of aliphatic hydroxyl groups is 1. The number of amides is 1. The summed E-state index contributed by atoms with van der Waals surface area (Å²) in [6.45, 7) is 3.82. The Kier molecular flexibility index (Phi) is 7.31. The van der Waals surface area contributed by atoms with E-state index in [2.05, 4.69) is 17.1 Å². The fourth-order valence-electron chi connectivity index (χ4n) is 7.29. The van der Waals surface area contributed by atoms with Gasteiger partial charge in [-0.05, 0) is 92.9 Å². The Bertz CT molecular complexity index is 940. The first-order chi connectivity index (χ1) is 16.9. The zero-order chi connectivity index (χ0) is 24.6. The molecule has 0 spiro atoms. The number of nitrogens with zero attached hydrogens (tertiary/aromatic N) is 2. The number of anilines is 1. The molecule has 7 nitrogen and oxygen atoms in total. The van der Waals surface area contributed by atoms with Crippen molar-refractivity contribution in [3.63, 3.8) is 0 Å². The van der Waals surface area contributed by atoms with Gasteiger partial charge in [-0.15, -0.1) is 11.8 Å². The molecule has 1 amide bonds. The average Bonchev–Trinajstić information content (AvgIpc) is 2.83. The lowest BCUT2D eigenvalue weighted by molar-refractivity contribution is -0.141. The van der Waals surface area contributed by atoms with Gasteiger partial charge in [-0.25, -0.2) is 4.98 Å². The molecule has 1 saturated heterocycles. The molecule has 2 heterocycles. The molecule has 0 radical (unpaired) electrons. The highest BCUT2D eigenvalue weighted by Crippen LogP contribution is 2.55. The summed E-state index contributed by atoms with van der Waals surface area (Å²) in [5, 5.41) is 15.1. The van der Waals surface area contributed by atoms with Gasteiger partial charge in [-0.2, -0.15) is 0 Å². The third-order valence-corrected chi connectivity index (χ3v) is 9.79. The summed E-state index contributed by atoms with van der Waals surface area (Å²) < 4.78 is 4.87. The highest BCUT2D eigenvalue weighted by atomic mass is 32.2. The number of hydrogen-bond donors (Lipinski definition) is 2. The van der Waals surface area contributed by atoms with Gasteiger partial charge < -0.3 is 20.1 Å². The second-order valence-corrected chi connectivity index (χ2v) is 12.4. The monoisotopic (exact) mass is 501 g/mol. The Morgan fingerprint density at radius 2 is 2.03 bits per heavy atom. The van der Waals surface area contributed by atoms with Gasteiger partial charge in [0, 0.05) is 25.6 Å². The van der Waals surface area contributed by atoms with Gasteiger partial charge in [0.05, 0.1) is 18.3 Å². The molecule has 4 bridgehead atoms. The molecule has 1 aromatic heterocycles. The van der Waals surface area contributed by atoms with Crippen molar-refractivity contribution in [2.75, 3.05) is 30.9 Å². The van der Waals surface area contributed by atoms with E-state index < -0.39 is 5.60 Å². The number of pyridine rings is 1. The fraction of sp³-hybridized carbons (Fsp3) is 0.741. The molecule has 5 aliphatic rings. The van der Waals surface area contributed by atoms with Gasteiger partial charge in [0.1, 0.15) is 10.8 Å². The van der Waals surface area contributed by atoms with E-state index in [4.69, 9.17) is 9.72 Å². The molecule has 4 saturated carbocycles. The van der Waals surface area contributed by atoms with Crippen molar-refractivity contribution in [2.45, 2.75) is 81.4 Å². The normalized spacial score (nSPS) is 33.6. The fourth-order valence-corrected chi connectivity index (χ4v) is 8.17. The SMILES string of the molecule is CCCSc1nc(N2CCC[C@@H](CC(=O)OC)C2)ccc1C(=O)N[C@H]1C2CC3CC1C[C@@](O)(C3)C2. The van der Waals surface area contributed by atoms with Crippen LogP contribution in [0.3, 0.4) is 0 Å². The zero-order valence-corrected chi connectivity index (χ0v) is 21.8. The molecule has 1 aromatic rings. The van der Waals surface area contributed by atoms with Crippen LogP contribution in [0.2, 0.25) is 0 Å². The van der Waals surface area contributed by atoms with Crippen LogP contribution in [-0.4, -0.2) is 59.6 Å². The van der Waals surface area contributed by atoms with Gasteiger partial charge in [0.15, 0.2) is 0 Å². The number of nitrogens with one attached hydrogen (secondary N) is 1. The Morgan fingerprint density at radius 1 is 1.26 bits per heavy atom. The number of aromatic nitrogens is 1. The molecule has 4 aliphatic carbocycles. The minimum Gasteiger partial charge on any atom is -0.469 e. The number of methoxy groups -OCH3 is 1. The maximum absolute atomic E-state index is 13.5. The van der Waals surface area contributed by atoms with E-state index in [-0.39, 0.29) is 23.8 Å². The van der Waals surface area contributed by atoms with E-state index in [1.165, 1.54) is 7.11 Å². The lowest BCUT2D eigenvalue weighted by atomic mass is 9.52. The second-order valence-electron chi connectivity index (χ2n) is 11.3. The number of esters is 1. The maximum atomic E-state index is 13.5. The minimum absolute atomic E-state index is 0.0330. The molecule has 3 atom stereocenters. The summed E-state index contributed by atoms with van der Waals surface area (Å²) in [6, 6.07) is 4.05. The van der Waals surface area contributed by atoms with Crippen LogP contribution in [0.4, 0.5) is 5.82 Å². The Hall–Kier alpha value is -1.80. The Morgan fingerprint density at radius 3 is 2.71 bits per heavy atom. The van der Waals surface area contributed by atoms with Gasteiger partial charge >= 0.3 is 5.97 Å². The van der Waals surface area contributed by atoms with E-state index >= 15 is 0 Å². The number of carbonyl (C=O) groups is 2. The van der Waals surface area contributed by atoms with Crippen LogP contribution >= 0.6 is 11.8 Å². The van der Waals surface area contributed by atoms with E-state index in [1.54, 1.807) is 11.8 Å². The van der Waals surface area contributed by atoms with Crippen LogP contribution in [0.25, 0.3) is 0 Å². The first-order valence-electron chi connectivity index (χ1n) is 13.4. The molecule has 5 fully saturated rings. The molecule has 0 aromatic carbocycles. The van der Waals surface area contributed by atoms with Crippen molar-refractivity contribution in [3.8, 4) is 0 Å². The van der Waals surface area contributed by atoms with Crippen molar-refractivity contribution in [2.24, 2.45) is 23.7 Å². The van der Waals surface area contributed by atoms with Crippen molar-refractivity contribution in [1.82, 2.24) is 10.3 Å². The first kappa shape index (κ1) is 24.9. The number of carbonyl (C=O) groups excluding carboxylic acids is 2. The molecule has 6 rings (SSSR count). The molecular formula is C27H39N3O4S. The van der Waals surface area contributed by atoms with Crippen LogP contribution in [0.1, 0.15) is 75.1 Å². The molecule has 192 valence electrons. The average molecular weight is 502 g/mol. The predicted octanol–water partition coefficient (Wildman–Crippen LogP) is 4.03. The van der Waals surface area contributed by atoms with Crippen molar-refractivity contribution in [1.29, 1.82) is 0 Å². The number of rotatable bonds is 8. The molecule has 2 unspecified atom stereocenters. The summed E-state index contributed by atoms with van der Waals surface area (Å²) in [7, 11) is 1.44. The Balaban J connectivity index is 1.31. The van der Waals surface area contributed by atoms with Crippen molar-refractivity contribution in [3.05, 3.63) is 17.7 Å². The molecule has 8 heteroatoms. The summed E-state index contributed by atoms with van der Waals surface area (Å²) >= 11 is 1.65. The second kappa shape index (κ2) is 10.3. The summed E-state index contributed by atoms with van der Waals surface area (Å²) in [5.41, 5.74) is 0.159. The highest BCUT2D eigenvalue weighted by Gasteiger charge is 2.55. The predicted molar refractivity (Wildman–Crippen MR) is 137 cm³/mol. The smallest absolute Gasteiger partial charge is 0.305 e. The Labute approximate surface area is 212 Å². The van der Waals surface area contributed by atoms with E-state index in [0.29, 0.717) is 29.7 Å². The van der Waals surface area contributed by atoms with Crippen LogP contribution in [0.15, 0.2) is 17.2 Å². The van der Waals surface area contributed by atoms with Crippen molar-refractivity contribution >= 4 is 29.5 Å². The van der Waals surface area contributed by atoms with E-state index in [1.807, 2.05) is 12.1 Å². The highest BCUT2D eigenvalue weighted by molar-refractivity contribution is 7.99. The van der Waals surface area contributed by atoms with Gasteiger partial charge in [0.2, 0.25) is 0 Å². The lowest BCUT2D eigenvalue weighted by Crippen LogP contribution is -2.61. The third kappa shape index (κ3) is 5.33. The van der Waals surface area contributed by atoms with Gasteiger partial charge in [-0.3, -0.25) is 9.59 Å². The van der Waals surface area contributed by atoms with Crippen LogP contribution in [0, 0.1) is 23.7 Å². The summed E-state index contributed by atoms with van der Waals surface area (Å²) in [4.78, 5) is 32.5.